The second-order valence-electron chi connectivity index (χ2n) is 4.15. The summed E-state index contributed by atoms with van der Waals surface area (Å²) in [6, 6.07) is 8.80. The van der Waals surface area contributed by atoms with E-state index in [1.54, 1.807) is 30.7 Å². The van der Waals surface area contributed by atoms with Crippen LogP contribution in [0.2, 0.25) is 5.15 Å². The van der Waals surface area contributed by atoms with Crippen LogP contribution in [0.1, 0.15) is 10.4 Å². The van der Waals surface area contributed by atoms with Gasteiger partial charge in [0.1, 0.15) is 17.0 Å². The van der Waals surface area contributed by atoms with E-state index in [4.69, 9.17) is 11.6 Å². The Morgan fingerprint density at radius 1 is 1.25 bits per heavy atom. The highest BCUT2D eigenvalue weighted by Gasteiger charge is 2.08. The van der Waals surface area contributed by atoms with Crippen molar-refractivity contribution in [2.75, 3.05) is 7.11 Å². The number of hydrogen-bond donors (Lipinski definition) is 0. The summed E-state index contributed by atoms with van der Waals surface area (Å²) in [6.07, 6.45) is 3.31. The number of ether oxygens (including phenoxy) is 1. The number of carbonyl (C=O) groups excluding carboxylic acids is 1. The first-order chi connectivity index (χ1) is 9.69. The fraction of sp³-hybridized carbons (Fsp3) is 0.0714. The summed E-state index contributed by atoms with van der Waals surface area (Å²) in [5.74, 6) is -0.362. The fourth-order valence-corrected chi connectivity index (χ4v) is 2.12. The van der Waals surface area contributed by atoms with Crippen molar-refractivity contribution in [3.63, 3.8) is 0 Å². The molecule has 1 aromatic carbocycles. The lowest BCUT2D eigenvalue weighted by molar-refractivity contribution is 0.0601. The summed E-state index contributed by atoms with van der Waals surface area (Å²) in [6.45, 7) is 0. The quantitative estimate of drug-likeness (QED) is 0.537. The van der Waals surface area contributed by atoms with E-state index in [2.05, 4.69) is 14.7 Å². The van der Waals surface area contributed by atoms with Gasteiger partial charge in [-0.25, -0.2) is 14.8 Å². The van der Waals surface area contributed by atoms with Crippen molar-refractivity contribution in [3.8, 4) is 5.69 Å². The lowest BCUT2D eigenvalue weighted by Gasteiger charge is -2.05. The average Bonchev–Trinajstić information content (AvgIpc) is 2.89. The van der Waals surface area contributed by atoms with E-state index in [0.29, 0.717) is 10.7 Å². The number of halogens is 1. The average molecular weight is 288 g/mol. The molecule has 6 heteroatoms. The van der Waals surface area contributed by atoms with Gasteiger partial charge >= 0.3 is 5.97 Å². The molecule has 0 aliphatic heterocycles. The number of rotatable bonds is 2. The Morgan fingerprint density at radius 3 is 2.70 bits per heavy atom. The molecule has 0 N–H and O–H groups in total. The fourth-order valence-electron chi connectivity index (χ4n) is 1.97. The van der Waals surface area contributed by atoms with Crippen LogP contribution in [0.5, 0.6) is 0 Å². The van der Waals surface area contributed by atoms with E-state index in [0.717, 1.165) is 16.7 Å². The number of esters is 1. The Balaban J connectivity index is 2.07. The van der Waals surface area contributed by atoms with Crippen LogP contribution in [0.4, 0.5) is 0 Å². The first-order valence-corrected chi connectivity index (χ1v) is 6.24. The zero-order valence-electron chi connectivity index (χ0n) is 10.6. The molecule has 0 fully saturated rings. The molecule has 2 heterocycles. The van der Waals surface area contributed by atoms with E-state index in [1.165, 1.54) is 7.11 Å². The molecule has 3 rings (SSSR count). The maximum atomic E-state index is 11.4. The van der Waals surface area contributed by atoms with Gasteiger partial charge in [0.15, 0.2) is 0 Å². The monoisotopic (exact) mass is 287 g/mol. The molecule has 20 heavy (non-hydrogen) atoms. The van der Waals surface area contributed by atoms with Crippen molar-refractivity contribution >= 4 is 28.6 Å². The summed E-state index contributed by atoms with van der Waals surface area (Å²) >= 11 is 5.91. The zero-order chi connectivity index (χ0) is 14.1. The molecule has 0 radical (unpaired) electrons. The molecule has 0 saturated carbocycles. The standard InChI is InChI=1S/C14H10ClN3O2/c1-20-14(19)9-2-4-10(5-3-9)18-8-17-11-7-16-13(15)6-12(11)18/h2-8H,1H3. The van der Waals surface area contributed by atoms with Gasteiger partial charge in [0, 0.05) is 11.8 Å². The van der Waals surface area contributed by atoms with Crippen LogP contribution >= 0.6 is 11.6 Å². The first kappa shape index (κ1) is 12.6. The number of carbonyl (C=O) groups is 1. The van der Waals surface area contributed by atoms with Crippen molar-refractivity contribution in [2.45, 2.75) is 0 Å². The van der Waals surface area contributed by atoms with Crippen LogP contribution in [0.15, 0.2) is 42.9 Å². The van der Waals surface area contributed by atoms with Crippen molar-refractivity contribution in [2.24, 2.45) is 0 Å². The number of aromatic nitrogens is 3. The van der Waals surface area contributed by atoms with Crippen LogP contribution < -0.4 is 0 Å². The summed E-state index contributed by atoms with van der Waals surface area (Å²) in [4.78, 5) is 19.7. The smallest absolute Gasteiger partial charge is 0.337 e. The van der Waals surface area contributed by atoms with Crippen LogP contribution in [0, 0.1) is 0 Å². The van der Waals surface area contributed by atoms with Gasteiger partial charge in [0.05, 0.1) is 24.4 Å². The third kappa shape index (κ3) is 2.12. The Labute approximate surface area is 119 Å². The number of pyridine rings is 1. The molecular weight excluding hydrogens is 278 g/mol. The van der Waals surface area contributed by atoms with Crippen LogP contribution in [-0.2, 0) is 4.74 Å². The Morgan fingerprint density at radius 2 is 2.00 bits per heavy atom. The molecule has 0 bridgehead atoms. The number of benzene rings is 1. The number of fused-ring (bicyclic) bond motifs is 1. The highest BCUT2D eigenvalue weighted by molar-refractivity contribution is 6.29. The molecule has 0 unspecified atom stereocenters. The van der Waals surface area contributed by atoms with E-state index >= 15 is 0 Å². The van der Waals surface area contributed by atoms with Gasteiger partial charge in [0.25, 0.3) is 0 Å². The molecule has 0 atom stereocenters. The number of imidazole rings is 1. The zero-order valence-corrected chi connectivity index (χ0v) is 11.3. The number of nitrogens with zero attached hydrogens (tertiary/aromatic N) is 3. The van der Waals surface area contributed by atoms with E-state index in [-0.39, 0.29) is 5.97 Å². The molecule has 0 spiro atoms. The minimum atomic E-state index is -0.362. The lowest BCUT2D eigenvalue weighted by atomic mass is 10.2. The summed E-state index contributed by atoms with van der Waals surface area (Å²) in [7, 11) is 1.36. The van der Waals surface area contributed by atoms with Gasteiger partial charge in [-0.05, 0) is 24.3 Å². The van der Waals surface area contributed by atoms with E-state index in [1.807, 2.05) is 16.7 Å². The maximum Gasteiger partial charge on any atom is 0.337 e. The van der Waals surface area contributed by atoms with Gasteiger partial charge in [-0.3, -0.25) is 4.57 Å². The van der Waals surface area contributed by atoms with Crippen LogP contribution in [0.25, 0.3) is 16.7 Å². The van der Waals surface area contributed by atoms with E-state index < -0.39 is 0 Å². The summed E-state index contributed by atoms with van der Waals surface area (Å²) in [5.41, 5.74) is 2.99. The SMILES string of the molecule is COC(=O)c1ccc(-n2cnc3cnc(Cl)cc32)cc1. The van der Waals surface area contributed by atoms with Crippen LogP contribution in [-0.4, -0.2) is 27.6 Å². The van der Waals surface area contributed by atoms with Gasteiger partial charge in [-0.2, -0.15) is 0 Å². The summed E-state index contributed by atoms with van der Waals surface area (Å²) in [5, 5.41) is 0.408. The predicted molar refractivity (Wildman–Crippen MR) is 75.2 cm³/mol. The van der Waals surface area contributed by atoms with Crippen LogP contribution in [0.3, 0.4) is 0 Å². The van der Waals surface area contributed by atoms with Crippen molar-refractivity contribution in [1.82, 2.24) is 14.5 Å². The van der Waals surface area contributed by atoms with Gasteiger partial charge in [0.2, 0.25) is 0 Å². The Bertz CT molecular complexity index is 781. The second-order valence-corrected chi connectivity index (χ2v) is 4.54. The molecule has 5 nitrogen and oxygen atoms in total. The first-order valence-electron chi connectivity index (χ1n) is 5.86. The molecule has 100 valence electrons. The molecular formula is C14H10ClN3O2. The lowest BCUT2D eigenvalue weighted by Crippen LogP contribution is -2.01. The predicted octanol–water partition coefficient (Wildman–Crippen LogP) is 2.86. The molecule has 3 aromatic rings. The number of hydrogen-bond acceptors (Lipinski definition) is 4. The van der Waals surface area contributed by atoms with Gasteiger partial charge in [-0.1, -0.05) is 11.6 Å². The molecule has 0 aliphatic rings. The normalized spacial score (nSPS) is 10.7. The largest absolute Gasteiger partial charge is 0.465 e. The molecule has 0 amide bonds. The Hall–Kier alpha value is -2.40. The molecule has 0 aliphatic carbocycles. The molecule has 0 saturated heterocycles. The minimum absolute atomic E-state index is 0.362. The summed E-state index contributed by atoms with van der Waals surface area (Å²) < 4.78 is 6.55. The van der Waals surface area contributed by atoms with Gasteiger partial charge in [-0.15, -0.1) is 0 Å². The van der Waals surface area contributed by atoms with Crippen molar-refractivity contribution in [1.29, 1.82) is 0 Å². The van der Waals surface area contributed by atoms with Crippen molar-refractivity contribution in [3.05, 3.63) is 53.6 Å². The highest BCUT2D eigenvalue weighted by atomic mass is 35.5. The van der Waals surface area contributed by atoms with E-state index in [9.17, 15) is 4.79 Å². The topological polar surface area (TPSA) is 57.0 Å². The molecule has 2 aromatic heterocycles. The number of methoxy groups -OCH3 is 1. The third-order valence-corrected chi connectivity index (χ3v) is 3.17. The van der Waals surface area contributed by atoms with Crippen molar-refractivity contribution < 1.29 is 9.53 Å². The van der Waals surface area contributed by atoms with Gasteiger partial charge < -0.3 is 4.74 Å². The Kier molecular flexibility index (Phi) is 3.12. The second kappa shape index (κ2) is 4.94. The third-order valence-electron chi connectivity index (χ3n) is 2.97. The highest BCUT2D eigenvalue weighted by Crippen LogP contribution is 2.20. The minimum Gasteiger partial charge on any atom is -0.465 e. The maximum absolute atomic E-state index is 11.4.